The summed E-state index contributed by atoms with van der Waals surface area (Å²) in [6, 6.07) is 6.77. The first-order valence-electron chi connectivity index (χ1n) is 6.26. The third kappa shape index (κ3) is 6.14. The van der Waals surface area contributed by atoms with Crippen molar-refractivity contribution in [2.75, 3.05) is 40.4 Å². The maximum atomic E-state index is 12.0. The van der Waals surface area contributed by atoms with E-state index in [-0.39, 0.29) is 24.8 Å². The second-order valence-corrected chi connectivity index (χ2v) is 4.89. The number of rotatable bonds is 8. The van der Waals surface area contributed by atoms with Crippen LogP contribution in [0.4, 0.5) is 0 Å². The summed E-state index contributed by atoms with van der Waals surface area (Å²) in [6.07, 6.45) is 0. The number of benzene rings is 1. The normalized spacial score (nSPS) is 10.6. The predicted molar refractivity (Wildman–Crippen MR) is 78.2 cm³/mol. The van der Waals surface area contributed by atoms with Crippen LogP contribution in [0.15, 0.2) is 24.3 Å². The van der Waals surface area contributed by atoms with E-state index in [4.69, 9.17) is 16.3 Å². The van der Waals surface area contributed by atoms with Crippen LogP contribution in [0.25, 0.3) is 0 Å². The monoisotopic (exact) mass is 298 g/mol. The van der Waals surface area contributed by atoms with Gasteiger partial charge in [-0.1, -0.05) is 23.7 Å². The molecule has 0 unspecified atom stereocenters. The van der Waals surface area contributed by atoms with Gasteiger partial charge in [0.05, 0.1) is 19.7 Å². The number of hydrogen-bond donors (Lipinski definition) is 1. The molecule has 110 valence electrons. The van der Waals surface area contributed by atoms with Crippen LogP contribution in [0.5, 0.6) is 0 Å². The Morgan fingerprint density at radius 3 is 2.75 bits per heavy atom. The number of methoxy groups -OCH3 is 1. The second kappa shape index (κ2) is 8.68. The van der Waals surface area contributed by atoms with Gasteiger partial charge in [0, 0.05) is 24.2 Å². The summed E-state index contributed by atoms with van der Waals surface area (Å²) in [5.74, 6) is -0.205. The molecule has 1 N–H and O–H groups in total. The summed E-state index contributed by atoms with van der Waals surface area (Å²) in [6.45, 7) is 1.26. The van der Waals surface area contributed by atoms with Crippen molar-refractivity contribution in [2.45, 2.75) is 0 Å². The van der Waals surface area contributed by atoms with Gasteiger partial charge in [-0.2, -0.15) is 0 Å². The van der Waals surface area contributed by atoms with Gasteiger partial charge < -0.3 is 10.1 Å². The van der Waals surface area contributed by atoms with E-state index in [0.717, 1.165) is 0 Å². The quantitative estimate of drug-likeness (QED) is 0.579. The average molecular weight is 299 g/mol. The number of halogens is 1. The summed E-state index contributed by atoms with van der Waals surface area (Å²) in [5.41, 5.74) is 0.546. The van der Waals surface area contributed by atoms with E-state index in [1.807, 2.05) is 0 Å². The lowest BCUT2D eigenvalue weighted by molar-refractivity contribution is -0.122. The van der Waals surface area contributed by atoms with E-state index in [1.54, 1.807) is 43.3 Å². The molecule has 1 aromatic rings. The number of likely N-dealkylation sites (N-methyl/N-ethyl adjacent to an activating group) is 1. The lowest BCUT2D eigenvalue weighted by atomic mass is 10.1. The van der Waals surface area contributed by atoms with Gasteiger partial charge in [0.25, 0.3) is 0 Å². The third-order valence-electron chi connectivity index (χ3n) is 2.60. The molecular formula is C14H19ClN2O3. The van der Waals surface area contributed by atoms with E-state index in [0.29, 0.717) is 23.7 Å². The zero-order chi connectivity index (χ0) is 15.0. The Labute approximate surface area is 123 Å². The Morgan fingerprint density at radius 2 is 2.10 bits per heavy atom. The van der Waals surface area contributed by atoms with Gasteiger partial charge in [0.15, 0.2) is 5.78 Å². The minimum Gasteiger partial charge on any atom is -0.383 e. The fourth-order valence-electron chi connectivity index (χ4n) is 1.65. The molecule has 0 aliphatic heterocycles. The van der Waals surface area contributed by atoms with Crippen molar-refractivity contribution < 1.29 is 14.3 Å². The molecule has 0 bridgehead atoms. The molecule has 0 aliphatic carbocycles. The minimum atomic E-state index is -0.136. The van der Waals surface area contributed by atoms with Crippen molar-refractivity contribution in [2.24, 2.45) is 0 Å². The molecular weight excluding hydrogens is 280 g/mol. The van der Waals surface area contributed by atoms with Crippen molar-refractivity contribution in [1.29, 1.82) is 0 Å². The second-order valence-electron chi connectivity index (χ2n) is 4.45. The number of nitrogens with one attached hydrogen (secondary N) is 1. The van der Waals surface area contributed by atoms with Gasteiger partial charge in [-0.3, -0.25) is 14.5 Å². The summed E-state index contributed by atoms with van der Waals surface area (Å²) in [4.78, 5) is 25.2. The Bertz CT molecular complexity index is 465. The number of carbonyl (C=O) groups is 2. The number of nitrogens with zero attached hydrogens (tertiary/aromatic N) is 1. The van der Waals surface area contributed by atoms with Crippen LogP contribution in [0.2, 0.25) is 5.02 Å². The van der Waals surface area contributed by atoms with Crippen molar-refractivity contribution in [3.8, 4) is 0 Å². The molecule has 0 heterocycles. The Morgan fingerprint density at radius 1 is 1.35 bits per heavy atom. The van der Waals surface area contributed by atoms with Crippen molar-refractivity contribution in [3.63, 3.8) is 0 Å². The smallest absolute Gasteiger partial charge is 0.234 e. The molecule has 1 aromatic carbocycles. The van der Waals surface area contributed by atoms with E-state index in [2.05, 4.69) is 5.32 Å². The fourth-order valence-corrected chi connectivity index (χ4v) is 1.84. The van der Waals surface area contributed by atoms with Crippen molar-refractivity contribution in [3.05, 3.63) is 34.9 Å². The van der Waals surface area contributed by atoms with Crippen LogP contribution in [0.1, 0.15) is 10.4 Å². The molecule has 0 fully saturated rings. The molecule has 0 atom stereocenters. The lowest BCUT2D eigenvalue weighted by Crippen LogP contribution is -2.38. The predicted octanol–water partition coefficient (Wildman–Crippen LogP) is 1.22. The van der Waals surface area contributed by atoms with E-state index >= 15 is 0 Å². The zero-order valence-corrected chi connectivity index (χ0v) is 12.4. The van der Waals surface area contributed by atoms with Gasteiger partial charge in [0.1, 0.15) is 0 Å². The highest BCUT2D eigenvalue weighted by Gasteiger charge is 2.12. The van der Waals surface area contributed by atoms with Gasteiger partial charge in [-0.25, -0.2) is 0 Å². The van der Waals surface area contributed by atoms with Crippen LogP contribution in [-0.2, 0) is 9.53 Å². The maximum absolute atomic E-state index is 12.0. The number of Topliss-reactive ketones (excluding diaryl/α,β-unsaturated/α-hetero) is 1. The SMILES string of the molecule is COCCNC(=O)CN(C)CC(=O)c1cccc(Cl)c1. The van der Waals surface area contributed by atoms with E-state index in [9.17, 15) is 9.59 Å². The summed E-state index contributed by atoms with van der Waals surface area (Å²) in [5, 5.41) is 3.22. The Kier molecular flexibility index (Phi) is 7.22. The molecule has 20 heavy (non-hydrogen) atoms. The molecule has 0 spiro atoms. The Hall–Kier alpha value is -1.43. The molecule has 0 saturated heterocycles. The summed E-state index contributed by atoms with van der Waals surface area (Å²) >= 11 is 5.84. The number of amides is 1. The first kappa shape index (κ1) is 16.6. The molecule has 0 saturated carbocycles. The number of ether oxygens (including phenoxy) is 1. The van der Waals surface area contributed by atoms with Gasteiger partial charge >= 0.3 is 0 Å². The number of ketones is 1. The topological polar surface area (TPSA) is 58.6 Å². The molecule has 0 aliphatic rings. The van der Waals surface area contributed by atoms with E-state index < -0.39 is 0 Å². The standard InChI is InChI=1S/C14H19ClN2O3/c1-17(10-14(19)16-6-7-20-2)9-13(18)11-4-3-5-12(15)8-11/h3-5,8H,6-7,9-10H2,1-2H3,(H,16,19). The van der Waals surface area contributed by atoms with Crippen molar-refractivity contribution in [1.82, 2.24) is 10.2 Å². The number of carbonyl (C=O) groups excluding carboxylic acids is 2. The third-order valence-corrected chi connectivity index (χ3v) is 2.84. The average Bonchev–Trinajstić information content (AvgIpc) is 2.38. The first-order chi connectivity index (χ1) is 9.52. The molecule has 0 radical (unpaired) electrons. The summed E-state index contributed by atoms with van der Waals surface area (Å²) in [7, 11) is 3.29. The highest BCUT2D eigenvalue weighted by molar-refractivity contribution is 6.31. The summed E-state index contributed by atoms with van der Waals surface area (Å²) < 4.78 is 4.84. The highest BCUT2D eigenvalue weighted by atomic mass is 35.5. The van der Waals surface area contributed by atoms with Crippen LogP contribution < -0.4 is 5.32 Å². The van der Waals surface area contributed by atoms with Crippen LogP contribution in [0, 0.1) is 0 Å². The Balaban J connectivity index is 2.40. The largest absolute Gasteiger partial charge is 0.383 e. The molecule has 1 amide bonds. The van der Waals surface area contributed by atoms with Gasteiger partial charge in [-0.15, -0.1) is 0 Å². The van der Waals surface area contributed by atoms with Crippen LogP contribution in [0.3, 0.4) is 0 Å². The molecule has 5 nitrogen and oxygen atoms in total. The van der Waals surface area contributed by atoms with Gasteiger partial charge in [-0.05, 0) is 19.2 Å². The van der Waals surface area contributed by atoms with Crippen LogP contribution >= 0.6 is 11.6 Å². The lowest BCUT2D eigenvalue weighted by Gasteiger charge is -2.15. The molecule has 1 rings (SSSR count). The van der Waals surface area contributed by atoms with Crippen molar-refractivity contribution >= 4 is 23.3 Å². The fraction of sp³-hybridized carbons (Fsp3) is 0.429. The zero-order valence-electron chi connectivity index (χ0n) is 11.7. The van der Waals surface area contributed by atoms with Gasteiger partial charge in [0.2, 0.25) is 5.91 Å². The maximum Gasteiger partial charge on any atom is 0.234 e. The number of hydrogen-bond acceptors (Lipinski definition) is 4. The highest BCUT2D eigenvalue weighted by Crippen LogP contribution is 2.11. The molecule has 6 heteroatoms. The van der Waals surface area contributed by atoms with E-state index in [1.165, 1.54) is 0 Å². The minimum absolute atomic E-state index is 0.0697. The first-order valence-corrected chi connectivity index (χ1v) is 6.63. The molecule has 0 aromatic heterocycles. The van der Waals surface area contributed by atoms with Crippen LogP contribution in [-0.4, -0.2) is 57.0 Å².